The van der Waals surface area contributed by atoms with E-state index in [2.05, 4.69) is 30.9 Å². The van der Waals surface area contributed by atoms with Crippen molar-refractivity contribution in [1.29, 1.82) is 0 Å². The Morgan fingerprint density at radius 3 is 2.89 bits per heavy atom. The predicted octanol–water partition coefficient (Wildman–Crippen LogP) is 3.84. The van der Waals surface area contributed by atoms with Crippen molar-refractivity contribution in [2.24, 2.45) is 11.8 Å². The van der Waals surface area contributed by atoms with Crippen LogP contribution in [0.5, 0.6) is 0 Å². The molecule has 0 radical (unpaired) electrons. The molecule has 3 nitrogen and oxygen atoms in total. The molecule has 1 aliphatic rings. The first-order valence-corrected chi connectivity index (χ1v) is 7.57. The van der Waals surface area contributed by atoms with Gasteiger partial charge in [-0.05, 0) is 44.9 Å². The minimum atomic E-state index is 0.310. The summed E-state index contributed by atoms with van der Waals surface area (Å²) >= 11 is 6.50. The lowest BCUT2D eigenvalue weighted by molar-refractivity contribution is 0.259. The molecule has 4 heteroatoms. The standard InChI is InChI=1S/C14H24ClN3/c1-4-11-5-6-13(15)12(7-11)8-14-16-9-17-18(14)10(2)3/h9-13H,4-8H2,1-3H3. The van der Waals surface area contributed by atoms with Crippen LogP contribution in [0.15, 0.2) is 6.33 Å². The van der Waals surface area contributed by atoms with E-state index in [1.807, 2.05) is 4.68 Å². The Morgan fingerprint density at radius 2 is 2.22 bits per heavy atom. The molecule has 3 atom stereocenters. The molecular formula is C14H24ClN3. The van der Waals surface area contributed by atoms with Gasteiger partial charge in [0.2, 0.25) is 0 Å². The number of halogens is 1. The second kappa shape index (κ2) is 6.05. The van der Waals surface area contributed by atoms with Gasteiger partial charge in [-0.15, -0.1) is 11.6 Å². The van der Waals surface area contributed by atoms with E-state index in [0.29, 0.717) is 17.3 Å². The number of hydrogen-bond donors (Lipinski definition) is 0. The van der Waals surface area contributed by atoms with Crippen LogP contribution in [-0.4, -0.2) is 20.1 Å². The maximum atomic E-state index is 6.50. The lowest BCUT2D eigenvalue weighted by Gasteiger charge is -2.32. The Labute approximate surface area is 115 Å². The van der Waals surface area contributed by atoms with Crippen molar-refractivity contribution in [3.8, 4) is 0 Å². The first-order chi connectivity index (χ1) is 8.61. The molecular weight excluding hydrogens is 246 g/mol. The molecule has 102 valence electrons. The molecule has 1 heterocycles. The maximum Gasteiger partial charge on any atom is 0.138 e. The van der Waals surface area contributed by atoms with E-state index in [1.54, 1.807) is 6.33 Å². The number of nitrogens with zero attached hydrogens (tertiary/aromatic N) is 3. The van der Waals surface area contributed by atoms with Crippen molar-refractivity contribution in [3.63, 3.8) is 0 Å². The lowest BCUT2D eigenvalue weighted by Crippen LogP contribution is -2.28. The third-order valence-corrected chi connectivity index (χ3v) is 4.73. The normalized spacial score (nSPS) is 28.8. The fraction of sp³-hybridized carbons (Fsp3) is 0.857. The molecule has 1 fully saturated rings. The van der Waals surface area contributed by atoms with Crippen molar-refractivity contribution in [2.75, 3.05) is 0 Å². The van der Waals surface area contributed by atoms with Gasteiger partial charge in [-0.25, -0.2) is 9.67 Å². The lowest BCUT2D eigenvalue weighted by atomic mass is 9.78. The highest BCUT2D eigenvalue weighted by Gasteiger charge is 2.29. The van der Waals surface area contributed by atoms with Crippen molar-refractivity contribution in [3.05, 3.63) is 12.2 Å². The van der Waals surface area contributed by atoms with Gasteiger partial charge < -0.3 is 0 Å². The van der Waals surface area contributed by atoms with Crippen molar-refractivity contribution < 1.29 is 0 Å². The van der Waals surface area contributed by atoms with Gasteiger partial charge >= 0.3 is 0 Å². The maximum absolute atomic E-state index is 6.50. The number of alkyl halides is 1. The number of rotatable bonds is 4. The summed E-state index contributed by atoms with van der Waals surface area (Å²) < 4.78 is 2.03. The molecule has 0 saturated heterocycles. The van der Waals surface area contributed by atoms with Crippen LogP contribution in [0.3, 0.4) is 0 Å². The average Bonchev–Trinajstić information content (AvgIpc) is 2.80. The summed E-state index contributed by atoms with van der Waals surface area (Å²) in [7, 11) is 0. The summed E-state index contributed by atoms with van der Waals surface area (Å²) in [5.41, 5.74) is 0. The van der Waals surface area contributed by atoms with Crippen LogP contribution in [0.25, 0.3) is 0 Å². The molecule has 1 aromatic heterocycles. The van der Waals surface area contributed by atoms with E-state index in [0.717, 1.165) is 24.6 Å². The number of hydrogen-bond acceptors (Lipinski definition) is 2. The summed E-state index contributed by atoms with van der Waals surface area (Å²) in [6, 6.07) is 0.377. The van der Waals surface area contributed by atoms with Crippen molar-refractivity contribution >= 4 is 11.6 Å². The minimum absolute atomic E-state index is 0.310. The molecule has 0 spiro atoms. The van der Waals surface area contributed by atoms with Crippen LogP contribution in [0.4, 0.5) is 0 Å². The molecule has 2 rings (SSSR count). The Morgan fingerprint density at radius 1 is 1.44 bits per heavy atom. The van der Waals surface area contributed by atoms with Crippen molar-refractivity contribution in [2.45, 2.75) is 64.3 Å². The Balaban J connectivity index is 2.05. The van der Waals surface area contributed by atoms with E-state index < -0.39 is 0 Å². The fourth-order valence-corrected chi connectivity index (χ4v) is 3.31. The third-order valence-electron chi connectivity index (χ3n) is 4.16. The van der Waals surface area contributed by atoms with Crippen LogP contribution < -0.4 is 0 Å². The molecule has 1 saturated carbocycles. The summed E-state index contributed by atoms with van der Waals surface area (Å²) in [4.78, 5) is 4.41. The van der Waals surface area contributed by atoms with E-state index in [9.17, 15) is 0 Å². The van der Waals surface area contributed by atoms with E-state index >= 15 is 0 Å². The summed E-state index contributed by atoms with van der Waals surface area (Å²) in [6.45, 7) is 6.57. The van der Waals surface area contributed by atoms with Crippen LogP contribution >= 0.6 is 11.6 Å². The van der Waals surface area contributed by atoms with E-state index in [4.69, 9.17) is 11.6 Å². The second-order valence-corrected chi connectivity index (χ2v) is 6.34. The van der Waals surface area contributed by atoms with Crippen molar-refractivity contribution in [1.82, 2.24) is 14.8 Å². The summed E-state index contributed by atoms with van der Waals surface area (Å²) in [6.07, 6.45) is 7.60. The smallest absolute Gasteiger partial charge is 0.138 e. The van der Waals surface area contributed by atoms with E-state index in [-0.39, 0.29) is 0 Å². The molecule has 0 aromatic carbocycles. The quantitative estimate of drug-likeness (QED) is 0.778. The second-order valence-electron chi connectivity index (χ2n) is 5.78. The Bertz CT molecular complexity index is 375. The summed E-state index contributed by atoms with van der Waals surface area (Å²) in [5, 5.41) is 4.62. The molecule has 18 heavy (non-hydrogen) atoms. The average molecular weight is 270 g/mol. The number of aromatic nitrogens is 3. The predicted molar refractivity (Wildman–Crippen MR) is 74.9 cm³/mol. The van der Waals surface area contributed by atoms with Crippen LogP contribution in [0, 0.1) is 11.8 Å². The first-order valence-electron chi connectivity index (χ1n) is 7.14. The Hall–Kier alpha value is -0.570. The largest absolute Gasteiger partial charge is 0.248 e. The van der Waals surface area contributed by atoms with Gasteiger partial charge in [0.05, 0.1) is 0 Å². The van der Waals surface area contributed by atoms with Crippen LogP contribution in [0.1, 0.15) is 58.3 Å². The van der Waals surface area contributed by atoms with Gasteiger partial charge in [0.15, 0.2) is 0 Å². The van der Waals surface area contributed by atoms with Gasteiger partial charge in [0.1, 0.15) is 12.2 Å². The fourth-order valence-electron chi connectivity index (χ4n) is 2.99. The highest BCUT2D eigenvalue weighted by molar-refractivity contribution is 6.20. The SMILES string of the molecule is CCC1CCC(Cl)C(Cc2ncnn2C(C)C)C1. The minimum Gasteiger partial charge on any atom is -0.248 e. The molecule has 1 aliphatic carbocycles. The molecule has 1 aromatic rings. The van der Waals surface area contributed by atoms with Gasteiger partial charge in [-0.3, -0.25) is 0 Å². The molecule has 3 unspecified atom stereocenters. The molecule has 0 bridgehead atoms. The first kappa shape index (κ1) is 13.9. The monoisotopic (exact) mass is 269 g/mol. The van der Waals surface area contributed by atoms with Crippen LogP contribution in [-0.2, 0) is 6.42 Å². The van der Waals surface area contributed by atoms with Gasteiger partial charge in [0.25, 0.3) is 0 Å². The van der Waals surface area contributed by atoms with Gasteiger partial charge in [0, 0.05) is 17.8 Å². The zero-order valence-corrected chi connectivity index (χ0v) is 12.4. The topological polar surface area (TPSA) is 30.7 Å². The van der Waals surface area contributed by atoms with E-state index in [1.165, 1.54) is 19.3 Å². The molecule has 0 amide bonds. The zero-order chi connectivity index (χ0) is 13.1. The summed E-state index contributed by atoms with van der Waals surface area (Å²) in [5.74, 6) is 2.50. The van der Waals surface area contributed by atoms with Crippen LogP contribution in [0.2, 0.25) is 0 Å². The Kier molecular flexibility index (Phi) is 4.66. The highest BCUT2D eigenvalue weighted by Crippen LogP contribution is 2.36. The van der Waals surface area contributed by atoms with Gasteiger partial charge in [-0.1, -0.05) is 13.3 Å². The molecule has 0 aliphatic heterocycles. The third kappa shape index (κ3) is 3.05. The highest BCUT2D eigenvalue weighted by atomic mass is 35.5. The van der Waals surface area contributed by atoms with Gasteiger partial charge in [-0.2, -0.15) is 5.10 Å². The zero-order valence-electron chi connectivity index (χ0n) is 11.6. The molecule has 0 N–H and O–H groups in total.